The molecule has 1 N–H and O–H groups in total. The van der Waals surface area contributed by atoms with Crippen LogP contribution < -0.4 is 14.8 Å². The van der Waals surface area contributed by atoms with Crippen molar-refractivity contribution in [3.05, 3.63) is 59.4 Å². The molecule has 114 valence electrons. The molecule has 5 heteroatoms. The van der Waals surface area contributed by atoms with Gasteiger partial charge in [-0.15, -0.1) is 0 Å². The minimum atomic E-state index is -0.527. The van der Waals surface area contributed by atoms with E-state index in [1.54, 1.807) is 19.2 Å². The van der Waals surface area contributed by atoms with Gasteiger partial charge in [0, 0.05) is 12.0 Å². The number of carbonyl (C=O) groups is 1. The summed E-state index contributed by atoms with van der Waals surface area (Å²) in [5, 5.41) is 2.71. The van der Waals surface area contributed by atoms with Crippen LogP contribution in [0.5, 0.6) is 11.5 Å². The van der Waals surface area contributed by atoms with Gasteiger partial charge in [-0.25, -0.2) is 4.39 Å². The predicted octanol–water partition coefficient (Wildman–Crippen LogP) is 2.57. The summed E-state index contributed by atoms with van der Waals surface area (Å²) in [6.45, 7) is 0.324. The molecule has 0 saturated carbocycles. The van der Waals surface area contributed by atoms with Crippen molar-refractivity contribution in [2.45, 2.75) is 12.5 Å². The van der Waals surface area contributed by atoms with Gasteiger partial charge >= 0.3 is 0 Å². The van der Waals surface area contributed by atoms with Crippen LogP contribution in [0.3, 0.4) is 0 Å². The third-order valence-corrected chi connectivity index (χ3v) is 3.62. The number of methoxy groups -OCH3 is 1. The molecule has 2 aromatic carbocycles. The van der Waals surface area contributed by atoms with Crippen molar-refractivity contribution in [1.82, 2.24) is 5.32 Å². The van der Waals surface area contributed by atoms with Crippen molar-refractivity contribution >= 4 is 5.91 Å². The zero-order chi connectivity index (χ0) is 15.5. The van der Waals surface area contributed by atoms with Gasteiger partial charge in [0.25, 0.3) is 5.91 Å². The molecule has 0 radical (unpaired) electrons. The molecular formula is C17H16FNO3. The number of nitrogens with one attached hydrogen (secondary N) is 1. The standard InChI is InChI=1S/C17H16FNO3/c1-21-12-6-7-16-11(8-12)9-13(22-16)10-19-17(20)14-4-2-3-5-15(14)18/h2-8,13H,9-10H2,1H3,(H,19,20). The minimum Gasteiger partial charge on any atom is -0.497 e. The normalized spacial score (nSPS) is 15.8. The third kappa shape index (κ3) is 2.88. The number of hydrogen-bond donors (Lipinski definition) is 1. The van der Waals surface area contributed by atoms with Crippen LogP contribution in [0.15, 0.2) is 42.5 Å². The molecule has 0 aliphatic carbocycles. The van der Waals surface area contributed by atoms with Gasteiger partial charge in [-0.3, -0.25) is 4.79 Å². The molecular weight excluding hydrogens is 285 g/mol. The van der Waals surface area contributed by atoms with Crippen LogP contribution >= 0.6 is 0 Å². The van der Waals surface area contributed by atoms with E-state index in [2.05, 4.69) is 5.32 Å². The highest BCUT2D eigenvalue weighted by Crippen LogP contribution is 2.31. The monoisotopic (exact) mass is 301 g/mol. The summed E-state index contributed by atoms with van der Waals surface area (Å²) in [5.41, 5.74) is 1.09. The molecule has 0 bridgehead atoms. The molecule has 22 heavy (non-hydrogen) atoms. The molecule has 1 atom stereocenters. The lowest BCUT2D eigenvalue weighted by atomic mass is 10.1. The van der Waals surface area contributed by atoms with E-state index in [0.717, 1.165) is 17.1 Å². The maximum atomic E-state index is 13.5. The molecule has 1 unspecified atom stereocenters. The fourth-order valence-corrected chi connectivity index (χ4v) is 2.48. The van der Waals surface area contributed by atoms with Crippen LogP contribution in [-0.2, 0) is 6.42 Å². The molecule has 0 saturated heterocycles. The Morgan fingerprint density at radius 1 is 1.36 bits per heavy atom. The van der Waals surface area contributed by atoms with Crippen molar-refractivity contribution in [3.8, 4) is 11.5 Å². The van der Waals surface area contributed by atoms with Crippen molar-refractivity contribution in [1.29, 1.82) is 0 Å². The number of halogens is 1. The number of hydrogen-bond acceptors (Lipinski definition) is 3. The minimum absolute atomic E-state index is 0.0414. The first-order chi connectivity index (χ1) is 10.7. The number of ether oxygens (including phenoxy) is 2. The second-order valence-corrected chi connectivity index (χ2v) is 5.11. The number of carbonyl (C=O) groups excluding carboxylic acids is 1. The SMILES string of the molecule is COc1ccc2c(c1)CC(CNC(=O)c1ccccc1F)O2. The Labute approximate surface area is 127 Å². The van der Waals surface area contributed by atoms with E-state index < -0.39 is 11.7 Å². The number of fused-ring (bicyclic) bond motifs is 1. The fourth-order valence-electron chi connectivity index (χ4n) is 2.48. The summed E-state index contributed by atoms with van der Waals surface area (Å²) in [7, 11) is 1.61. The molecule has 4 nitrogen and oxygen atoms in total. The fraction of sp³-hybridized carbons (Fsp3) is 0.235. The Morgan fingerprint density at radius 3 is 2.95 bits per heavy atom. The van der Waals surface area contributed by atoms with E-state index in [1.807, 2.05) is 18.2 Å². The van der Waals surface area contributed by atoms with Gasteiger partial charge < -0.3 is 14.8 Å². The second kappa shape index (κ2) is 6.05. The summed E-state index contributed by atoms with van der Waals surface area (Å²) in [5.74, 6) is 0.611. The first kappa shape index (κ1) is 14.4. The van der Waals surface area contributed by atoms with Gasteiger partial charge in [0.1, 0.15) is 23.4 Å². The van der Waals surface area contributed by atoms with E-state index in [1.165, 1.54) is 12.1 Å². The van der Waals surface area contributed by atoms with Crippen LogP contribution in [0.4, 0.5) is 4.39 Å². The molecule has 3 rings (SSSR count). The molecule has 0 aromatic heterocycles. The van der Waals surface area contributed by atoms with Crippen LogP contribution in [0.2, 0.25) is 0 Å². The average Bonchev–Trinajstić information content (AvgIpc) is 2.94. The van der Waals surface area contributed by atoms with Gasteiger partial charge in [0.05, 0.1) is 19.2 Å². The number of benzene rings is 2. The van der Waals surface area contributed by atoms with Gasteiger partial charge in [-0.05, 0) is 30.3 Å². The van der Waals surface area contributed by atoms with Gasteiger partial charge in [0.2, 0.25) is 0 Å². The molecule has 2 aromatic rings. The summed E-state index contributed by atoms with van der Waals surface area (Å²) in [6, 6.07) is 11.5. The molecule has 0 spiro atoms. The Bertz CT molecular complexity index is 702. The third-order valence-electron chi connectivity index (χ3n) is 3.62. The summed E-state index contributed by atoms with van der Waals surface area (Å²) < 4.78 is 24.5. The first-order valence-corrected chi connectivity index (χ1v) is 7.03. The Morgan fingerprint density at radius 2 is 2.18 bits per heavy atom. The van der Waals surface area contributed by atoms with Crippen molar-refractivity contribution in [2.75, 3.05) is 13.7 Å². The maximum Gasteiger partial charge on any atom is 0.254 e. The molecule has 0 fully saturated rings. The Kier molecular flexibility index (Phi) is 3.96. The smallest absolute Gasteiger partial charge is 0.254 e. The number of amides is 1. The predicted molar refractivity (Wildman–Crippen MR) is 79.8 cm³/mol. The van der Waals surface area contributed by atoms with Crippen molar-refractivity contribution < 1.29 is 18.7 Å². The van der Waals surface area contributed by atoms with E-state index >= 15 is 0 Å². The highest BCUT2D eigenvalue weighted by molar-refractivity contribution is 5.94. The van der Waals surface area contributed by atoms with E-state index in [9.17, 15) is 9.18 Å². The van der Waals surface area contributed by atoms with Crippen molar-refractivity contribution in [3.63, 3.8) is 0 Å². The average molecular weight is 301 g/mol. The van der Waals surface area contributed by atoms with E-state index in [-0.39, 0.29) is 11.7 Å². The molecule has 1 heterocycles. The lowest BCUT2D eigenvalue weighted by Gasteiger charge is -2.12. The lowest BCUT2D eigenvalue weighted by Crippen LogP contribution is -2.34. The summed E-state index contributed by atoms with van der Waals surface area (Å²) in [6.07, 6.45) is 0.530. The molecule has 1 amide bonds. The molecule has 1 aliphatic rings. The van der Waals surface area contributed by atoms with E-state index in [4.69, 9.17) is 9.47 Å². The highest BCUT2D eigenvalue weighted by Gasteiger charge is 2.24. The van der Waals surface area contributed by atoms with Crippen LogP contribution in [-0.4, -0.2) is 25.7 Å². The topological polar surface area (TPSA) is 47.6 Å². The van der Waals surface area contributed by atoms with Gasteiger partial charge in [-0.1, -0.05) is 12.1 Å². The van der Waals surface area contributed by atoms with E-state index in [0.29, 0.717) is 13.0 Å². The molecule has 1 aliphatic heterocycles. The van der Waals surface area contributed by atoms with Gasteiger partial charge in [-0.2, -0.15) is 0 Å². The van der Waals surface area contributed by atoms with Gasteiger partial charge in [0.15, 0.2) is 0 Å². The largest absolute Gasteiger partial charge is 0.497 e. The highest BCUT2D eigenvalue weighted by atomic mass is 19.1. The summed E-state index contributed by atoms with van der Waals surface area (Å²) >= 11 is 0. The quantitative estimate of drug-likeness (QED) is 0.944. The summed E-state index contributed by atoms with van der Waals surface area (Å²) in [4.78, 5) is 12.0. The second-order valence-electron chi connectivity index (χ2n) is 5.11. The number of rotatable bonds is 4. The maximum absolute atomic E-state index is 13.5. The first-order valence-electron chi connectivity index (χ1n) is 7.03. The zero-order valence-electron chi connectivity index (χ0n) is 12.1. The van der Waals surface area contributed by atoms with Crippen molar-refractivity contribution in [2.24, 2.45) is 0 Å². The lowest BCUT2D eigenvalue weighted by molar-refractivity contribution is 0.0929. The Balaban J connectivity index is 1.60. The Hall–Kier alpha value is -2.56. The van der Waals surface area contributed by atoms with Crippen LogP contribution in [0, 0.1) is 5.82 Å². The zero-order valence-corrected chi connectivity index (χ0v) is 12.1. The van der Waals surface area contributed by atoms with Crippen LogP contribution in [0.25, 0.3) is 0 Å². The van der Waals surface area contributed by atoms with Crippen LogP contribution in [0.1, 0.15) is 15.9 Å².